The number of carbonyl (C=O) groups excluding carboxylic acids is 2. The molecule has 5 heteroatoms. The van der Waals surface area contributed by atoms with E-state index in [2.05, 4.69) is 5.32 Å². The van der Waals surface area contributed by atoms with Crippen molar-refractivity contribution < 1.29 is 14.3 Å². The van der Waals surface area contributed by atoms with Crippen LogP contribution in [-0.2, 0) is 9.53 Å². The average molecular weight is 226 g/mol. The van der Waals surface area contributed by atoms with Crippen LogP contribution in [0.5, 0.6) is 0 Å². The first-order valence-electron chi connectivity index (χ1n) is 5.66. The van der Waals surface area contributed by atoms with E-state index in [0.717, 1.165) is 6.42 Å². The van der Waals surface area contributed by atoms with E-state index in [0.29, 0.717) is 13.0 Å². The van der Waals surface area contributed by atoms with Crippen LogP contribution in [0.4, 0.5) is 4.79 Å². The van der Waals surface area contributed by atoms with Crippen LogP contribution in [0.15, 0.2) is 0 Å². The largest absolute Gasteiger partial charge is 0.444 e. The summed E-state index contributed by atoms with van der Waals surface area (Å²) in [4.78, 5) is 24.8. The van der Waals surface area contributed by atoms with Crippen molar-refractivity contribution in [3.05, 3.63) is 0 Å². The van der Waals surface area contributed by atoms with Crippen LogP contribution in [0, 0.1) is 0 Å². The fourth-order valence-corrected chi connectivity index (χ4v) is 2.28. The van der Waals surface area contributed by atoms with Crippen LogP contribution >= 0.6 is 0 Å². The molecule has 0 aliphatic carbocycles. The highest BCUT2D eigenvalue weighted by Gasteiger charge is 2.44. The predicted molar refractivity (Wildman–Crippen MR) is 57.9 cm³/mol. The van der Waals surface area contributed by atoms with Gasteiger partial charge in [0.05, 0.1) is 12.1 Å². The lowest BCUT2D eigenvalue weighted by atomic mass is 10.1. The van der Waals surface area contributed by atoms with Crippen molar-refractivity contribution in [1.82, 2.24) is 10.2 Å². The molecular weight excluding hydrogens is 208 g/mol. The molecule has 90 valence electrons. The van der Waals surface area contributed by atoms with E-state index in [9.17, 15) is 9.59 Å². The fourth-order valence-electron chi connectivity index (χ4n) is 2.28. The van der Waals surface area contributed by atoms with E-state index in [1.165, 1.54) is 0 Å². The van der Waals surface area contributed by atoms with Gasteiger partial charge in [0.25, 0.3) is 0 Å². The Balaban J connectivity index is 2.00. The number of amides is 2. The number of carbonyl (C=O) groups is 2. The average Bonchev–Trinajstić information content (AvgIpc) is 2.58. The zero-order valence-corrected chi connectivity index (χ0v) is 9.95. The molecule has 0 bridgehead atoms. The second kappa shape index (κ2) is 3.64. The molecule has 5 nitrogen and oxygen atoms in total. The maximum atomic E-state index is 11.9. The maximum absolute atomic E-state index is 11.9. The third-order valence-corrected chi connectivity index (χ3v) is 2.91. The second-order valence-corrected chi connectivity index (χ2v) is 5.41. The zero-order chi connectivity index (χ0) is 11.9. The number of hydrogen-bond donors (Lipinski definition) is 1. The highest BCUT2D eigenvalue weighted by molar-refractivity contribution is 5.81. The van der Waals surface area contributed by atoms with Gasteiger partial charge in [-0.25, -0.2) is 4.79 Å². The Hall–Kier alpha value is -1.26. The first-order valence-corrected chi connectivity index (χ1v) is 5.66. The standard InChI is InChI=1S/C11H18N2O3/c1-11(2,3)16-10(15)13-5-4-7-8(13)6-9(14)12-7/h7-8H,4-6H2,1-3H3,(H,12,14)/t7-,8+/m0/s1. The number of nitrogens with zero attached hydrogens (tertiary/aromatic N) is 1. The van der Waals surface area contributed by atoms with Crippen LogP contribution in [0.25, 0.3) is 0 Å². The molecule has 16 heavy (non-hydrogen) atoms. The van der Waals surface area contributed by atoms with Gasteiger partial charge < -0.3 is 15.0 Å². The lowest BCUT2D eigenvalue weighted by Crippen LogP contribution is -2.41. The SMILES string of the molecule is CC(C)(C)OC(=O)N1CC[C@@H]2NC(=O)C[C@H]21. The molecule has 2 saturated heterocycles. The molecule has 2 aliphatic rings. The zero-order valence-electron chi connectivity index (χ0n) is 9.95. The molecule has 2 amide bonds. The number of nitrogens with one attached hydrogen (secondary N) is 1. The minimum atomic E-state index is -0.481. The number of fused-ring (bicyclic) bond motifs is 1. The van der Waals surface area contributed by atoms with E-state index < -0.39 is 5.60 Å². The van der Waals surface area contributed by atoms with Crippen LogP contribution in [0.1, 0.15) is 33.6 Å². The summed E-state index contributed by atoms with van der Waals surface area (Å²) in [6.07, 6.45) is 0.927. The summed E-state index contributed by atoms with van der Waals surface area (Å²) in [6, 6.07) is 0.113. The van der Waals surface area contributed by atoms with Crippen LogP contribution in [0.3, 0.4) is 0 Å². The third kappa shape index (κ3) is 2.13. The molecule has 0 saturated carbocycles. The van der Waals surface area contributed by atoms with E-state index >= 15 is 0 Å². The summed E-state index contributed by atoms with van der Waals surface area (Å²) in [5.41, 5.74) is -0.481. The molecule has 2 heterocycles. The van der Waals surface area contributed by atoms with E-state index in [-0.39, 0.29) is 24.1 Å². The molecule has 0 radical (unpaired) electrons. The molecule has 2 aliphatic heterocycles. The molecule has 2 fully saturated rings. The Kier molecular flexibility index (Phi) is 2.56. The normalized spacial score (nSPS) is 28.9. The van der Waals surface area contributed by atoms with Crippen molar-refractivity contribution in [2.75, 3.05) is 6.54 Å². The van der Waals surface area contributed by atoms with E-state index in [1.807, 2.05) is 20.8 Å². The molecule has 0 spiro atoms. The Labute approximate surface area is 95.1 Å². The lowest BCUT2D eigenvalue weighted by Gasteiger charge is -2.27. The molecule has 2 rings (SSSR count). The van der Waals surface area contributed by atoms with Gasteiger partial charge in [0.15, 0.2) is 0 Å². The van der Waals surface area contributed by atoms with Crippen LogP contribution in [0.2, 0.25) is 0 Å². The van der Waals surface area contributed by atoms with E-state index in [1.54, 1.807) is 4.90 Å². The number of hydrogen-bond acceptors (Lipinski definition) is 3. The Morgan fingerprint density at radius 3 is 2.81 bits per heavy atom. The molecule has 2 atom stereocenters. The monoisotopic (exact) mass is 226 g/mol. The van der Waals surface area contributed by atoms with Crippen molar-refractivity contribution in [3.8, 4) is 0 Å². The van der Waals surface area contributed by atoms with Crippen molar-refractivity contribution in [2.24, 2.45) is 0 Å². The van der Waals surface area contributed by atoms with Gasteiger partial charge in [-0.2, -0.15) is 0 Å². The lowest BCUT2D eigenvalue weighted by molar-refractivity contribution is -0.119. The van der Waals surface area contributed by atoms with Crippen LogP contribution < -0.4 is 5.32 Å². The first-order chi connectivity index (χ1) is 7.37. The summed E-state index contributed by atoms with van der Waals surface area (Å²) in [5, 5.41) is 2.88. The Morgan fingerprint density at radius 1 is 1.50 bits per heavy atom. The fraction of sp³-hybridized carbons (Fsp3) is 0.818. The molecule has 0 aromatic rings. The minimum Gasteiger partial charge on any atom is -0.444 e. The Bertz CT molecular complexity index is 322. The number of rotatable bonds is 0. The second-order valence-electron chi connectivity index (χ2n) is 5.41. The van der Waals surface area contributed by atoms with Crippen LogP contribution in [-0.4, -0.2) is 41.1 Å². The predicted octanol–water partition coefficient (Wildman–Crippen LogP) is 0.884. The summed E-state index contributed by atoms with van der Waals surface area (Å²) < 4.78 is 5.31. The van der Waals surface area contributed by atoms with Crippen molar-refractivity contribution in [1.29, 1.82) is 0 Å². The number of ether oxygens (including phenoxy) is 1. The van der Waals surface area contributed by atoms with Gasteiger partial charge in [-0.3, -0.25) is 4.79 Å². The summed E-state index contributed by atoms with van der Waals surface area (Å²) in [7, 11) is 0. The maximum Gasteiger partial charge on any atom is 0.410 e. The summed E-state index contributed by atoms with van der Waals surface area (Å²) >= 11 is 0. The highest BCUT2D eigenvalue weighted by Crippen LogP contribution is 2.27. The topological polar surface area (TPSA) is 58.6 Å². The molecule has 1 N–H and O–H groups in total. The first kappa shape index (κ1) is 11.2. The summed E-state index contributed by atoms with van der Waals surface area (Å²) in [5.74, 6) is 0.0308. The minimum absolute atomic E-state index is 0.0117. The molecule has 0 aromatic heterocycles. The Morgan fingerprint density at radius 2 is 2.19 bits per heavy atom. The quantitative estimate of drug-likeness (QED) is 0.667. The number of likely N-dealkylation sites (tertiary alicyclic amines) is 1. The highest BCUT2D eigenvalue weighted by atomic mass is 16.6. The molecular formula is C11H18N2O3. The molecule has 0 aromatic carbocycles. The van der Waals surface area contributed by atoms with Gasteiger partial charge >= 0.3 is 6.09 Å². The third-order valence-electron chi connectivity index (χ3n) is 2.91. The van der Waals surface area contributed by atoms with Gasteiger partial charge in [-0.05, 0) is 27.2 Å². The van der Waals surface area contributed by atoms with Crippen molar-refractivity contribution in [2.45, 2.75) is 51.3 Å². The van der Waals surface area contributed by atoms with Gasteiger partial charge in [0.2, 0.25) is 5.91 Å². The van der Waals surface area contributed by atoms with Gasteiger partial charge in [0.1, 0.15) is 5.60 Å². The van der Waals surface area contributed by atoms with Crippen molar-refractivity contribution >= 4 is 12.0 Å². The summed E-state index contributed by atoms with van der Waals surface area (Å²) in [6.45, 7) is 6.20. The smallest absolute Gasteiger partial charge is 0.410 e. The van der Waals surface area contributed by atoms with E-state index in [4.69, 9.17) is 4.74 Å². The van der Waals surface area contributed by atoms with Gasteiger partial charge in [0, 0.05) is 13.0 Å². The van der Waals surface area contributed by atoms with Gasteiger partial charge in [-0.15, -0.1) is 0 Å². The van der Waals surface area contributed by atoms with Crippen molar-refractivity contribution in [3.63, 3.8) is 0 Å². The van der Waals surface area contributed by atoms with Gasteiger partial charge in [-0.1, -0.05) is 0 Å². The molecule has 0 unspecified atom stereocenters.